The first kappa shape index (κ1) is 20.2. The molecule has 1 fully saturated rings. The predicted octanol–water partition coefficient (Wildman–Crippen LogP) is 4.27. The summed E-state index contributed by atoms with van der Waals surface area (Å²) >= 11 is 1.34. The Morgan fingerprint density at radius 2 is 2.14 bits per heavy atom. The van der Waals surface area contributed by atoms with E-state index in [9.17, 15) is 14.9 Å². The number of ether oxygens (including phenoxy) is 2. The van der Waals surface area contributed by atoms with Crippen molar-refractivity contribution in [3.8, 4) is 5.75 Å². The van der Waals surface area contributed by atoms with Gasteiger partial charge in [0, 0.05) is 35.4 Å². The van der Waals surface area contributed by atoms with Gasteiger partial charge in [-0.25, -0.2) is 0 Å². The van der Waals surface area contributed by atoms with E-state index in [2.05, 4.69) is 5.32 Å². The zero-order chi connectivity index (χ0) is 19.9. The third kappa shape index (κ3) is 5.71. The molecule has 1 aliphatic heterocycles. The van der Waals surface area contributed by atoms with Gasteiger partial charge in [0.1, 0.15) is 12.4 Å². The van der Waals surface area contributed by atoms with Gasteiger partial charge in [-0.3, -0.25) is 14.9 Å². The number of non-ortho nitro benzene ring substituents is 1. The molecule has 1 N–H and O–H groups in total. The summed E-state index contributed by atoms with van der Waals surface area (Å²) in [5, 5.41) is 13.2. The van der Waals surface area contributed by atoms with E-state index in [-0.39, 0.29) is 22.9 Å². The maximum atomic E-state index is 12.5. The quantitative estimate of drug-likeness (QED) is 0.403. The Balaban J connectivity index is 1.52. The smallest absolute Gasteiger partial charge is 0.269 e. The lowest BCUT2D eigenvalue weighted by atomic mass is 10.2. The lowest BCUT2D eigenvalue weighted by molar-refractivity contribution is -0.384. The molecular formula is C20H22N2O5S. The topological polar surface area (TPSA) is 90.7 Å². The molecule has 0 aromatic heterocycles. The molecular weight excluding hydrogens is 380 g/mol. The molecule has 1 heterocycles. The van der Waals surface area contributed by atoms with Crippen LogP contribution in [0.5, 0.6) is 5.75 Å². The first-order valence-electron chi connectivity index (χ1n) is 9.08. The summed E-state index contributed by atoms with van der Waals surface area (Å²) in [7, 11) is 0. The number of thioether (sulfide) groups is 1. The van der Waals surface area contributed by atoms with Gasteiger partial charge >= 0.3 is 0 Å². The number of nitrogens with one attached hydrogen (secondary N) is 1. The van der Waals surface area contributed by atoms with E-state index >= 15 is 0 Å². The molecule has 2 aromatic rings. The maximum absolute atomic E-state index is 12.5. The number of hydrogen-bond acceptors (Lipinski definition) is 6. The van der Waals surface area contributed by atoms with Crippen molar-refractivity contribution in [2.24, 2.45) is 0 Å². The fraction of sp³-hybridized carbons (Fsp3) is 0.350. The highest BCUT2D eigenvalue weighted by atomic mass is 32.2. The molecule has 0 spiro atoms. The van der Waals surface area contributed by atoms with Crippen molar-refractivity contribution < 1.29 is 19.2 Å². The molecule has 1 saturated heterocycles. The van der Waals surface area contributed by atoms with Gasteiger partial charge in [-0.2, -0.15) is 0 Å². The Kier molecular flexibility index (Phi) is 6.89. The summed E-state index contributed by atoms with van der Waals surface area (Å²) < 4.78 is 11.3. The van der Waals surface area contributed by atoms with Crippen molar-refractivity contribution in [2.75, 3.05) is 18.5 Å². The van der Waals surface area contributed by atoms with Gasteiger partial charge in [0.2, 0.25) is 5.91 Å². The second-order valence-corrected chi connectivity index (χ2v) is 7.89. The van der Waals surface area contributed by atoms with E-state index in [4.69, 9.17) is 9.47 Å². The van der Waals surface area contributed by atoms with Crippen LogP contribution in [0.25, 0.3) is 0 Å². The number of amides is 1. The number of anilines is 1. The molecule has 148 valence electrons. The summed E-state index contributed by atoms with van der Waals surface area (Å²) in [5.41, 5.74) is 0.687. The third-order valence-electron chi connectivity index (χ3n) is 4.29. The zero-order valence-electron chi connectivity index (χ0n) is 15.5. The monoisotopic (exact) mass is 402 g/mol. The van der Waals surface area contributed by atoms with Crippen molar-refractivity contribution in [2.45, 2.75) is 36.0 Å². The largest absolute Gasteiger partial charge is 0.491 e. The first-order valence-corrected chi connectivity index (χ1v) is 9.95. The Bertz CT molecular complexity index is 822. The van der Waals surface area contributed by atoms with E-state index in [1.807, 2.05) is 12.1 Å². The number of nitrogens with zero attached hydrogens (tertiary/aromatic N) is 1. The summed E-state index contributed by atoms with van der Waals surface area (Å²) in [4.78, 5) is 23.5. The van der Waals surface area contributed by atoms with Crippen LogP contribution in [0.3, 0.4) is 0 Å². The average molecular weight is 402 g/mol. The Morgan fingerprint density at radius 3 is 2.82 bits per heavy atom. The van der Waals surface area contributed by atoms with Gasteiger partial charge in [0.05, 0.1) is 16.3 Å². The lowest BCUT2D eigenvalue weighted by Gasteiger charge is -2.14. The van der Waals surface area contributed by atoms with Gasteiger partial charge in [-0.1, -0.05) is 6.07 Å². The zero-order valence-corrected chi connectivity index (χ0v) is 16.3. The standard InChI is InChI=1S/C20H22N2O5S/c1-14(28-19-9-7-16(8-10-19)22(24)25)20(23)21-15-4-2-5-17(12-15)27-13-18-6-3-11-26-18/h2,4-5,7-10,12,14,18H,3,6,11,13H2,1H3,(H,21,23). The second-order valence-electron chi connectivity index (χ2n) is 6.47. The number of carbonyl (C=O) groups is 1. The normalized spacial score (nSPS) is 17.1. The lowest BCUT2D eigenvalue weighted by Crippen LogP contribution is -2.22. The van der Waals surface area contributed by atoms with Gasteiger partial charge in [-0.05, 0) is 44.0 Å². The van der Waals surface area contributed by atoms with Crippen LogP contribution in [-0.2, 0) is 9.53 Å². The highest BCUT2D eigenvalue weighted by molar-refractivity contribution is 8.00. The first-order chi connectivity index (χ1) is 13.5. The van der Waals surface area contributed by atoms with Gasteiger partial charge in [-0.15, -0.1) is 11.8 Å². The number of nitro benzene ring substituents is 1. The average Bonchev–Trinajstić information content (AvgIpc) is 3.20. The Labute approximate surface area is 167 Å². The van der Waals surface area contributed by atoms with Gasteiger partial charge in [0.25, 0.3) is 5.69 Å². The van der Waals surface area contributed by atoms with E-state index in [1.54, 1.807) is 31.2 Å². The number of nitro groups is 1. The van der Waals surface area contributed by atoms with Crippen LogP contribution < -0.4 is 10.1 Å². The molecule has 2 atom stereocenters. The van der Waals surface area contributed by atoms with E-state index in [0.29, 0.717) is 18.0 Å². The Hall–Kier alpha value is -2.58. The van der Waals surface area contributed by atoms with Crippen molar-refractivity contribution in [3.05, 3.63) is 58.6 Å². The van der Waals surface area contributed by atoms with Crippen LogP contribution in [0.15, 0.2) is 53.4 Å². The fourth-order valence-electron chi connectivity index (χ4n) is 2.78. The molecule has 3 rings (SSSR count). The summed E-state index contributed by atoms with van der Waals surface area (Å²) in [6, 6.07) is 13.4. The number of carbonyl (C=O) groups excluding carboxylic acids is 1. The van der Waals surface area contributed by atoms with Crippen LogP contribution in [0.1, 0.15) is 19.8 Å². The van der Waals surface area contributed by atoms with E-state index in [1.165, 1.54) is 23.9 Å². The van der Waals surface area contributed by atoms with Gasteiger partial charge in [0.15, 0.2) is 0 Å². The van der Waals surface area contributed by atoms with Crippen molar-refractivity contribution in [1.29, 1.82) is 0 Å². The molecule has 2 unspecified atom stereocenters. The number of hydrogen-bond donors (Lipinski definition) is 1. The SMILES string of the molecule is CC(Sc1ccc([N+](=O)[O-])cc1)C(=O)Nc1cccc(OCC2CCCO2)c1. The molecule has 2 aromatic carbocycles. The van der Waals surface area contributed by atoms with Crippen molar-refractivity contribution in [1.82, 2.24) is 0 Å². The van der Waals surface area contributed by atoms with Crippen LogP contribution in [0, 0.1) is 10.1 Å². The molecule has 0 aliphatic carbocycles. The highest BCUT2D eigenvalue weighted by Gasteiger charge is 2.17. The minimum absolute atomic E-state index is 0.0290. The maximum Gasteiger partial charge on any atom is 0.269 e. The molecule has 1 amide bonds. The number of benzene rings is 2. The summed E-state index contributed by atoms with van der Waals surface area (Å²) in [6.45, 7) is 3.08. The number of rotatable bonds is 8. The van der Waals surface area contributed by atoms with Crippen molar-refractivity contribution in [3.63, 3.8) is 0 Å². The Morgan fingerprint density at radius 1 is 1.36 bits per heavy atom. The molecule has 0 saturated carbocycles. The molecule has 1 aliphatic rings. The van der Waals surface area contributed by atoms with Crippen LogP contribution >= 0.6 is 11.8 Å². The van der Waals surface area contributed by atoms with Crippen molar-refractivity contribution >= 4 is 29.0 Å². The predicted molar refractivity (Wildman–Crippen MR) is 108 cm³/mol. The molecule has 0 radical (unpaired) electrons. The molecule has 8 heteroatoms. The van der Waals surface area contributed by atoms with Crippen LogP contribution in [-0.4, -0.2) is 35.4 Å². The minimum Gasteiger partial charge on any atom is -0.491 e. The van der Waals surface area contributed by atoms with Crippen LogP contribution in [0.2, 0.25) is 0 Å². The van der Waals surface area contributed by atoms with E-state index in [0.717, 1.165) is 24.3 Å². The highest BCUT2D eigenvalue weighted by Crippen LogP contribution is 2.27. The minimum atomic E-state index is -0.446. The second kappa shape index (κ2) is 9.57. The fourth-order valence-corrected chi connectivity index (χ4v) is 3.64. The molecule has 28 heavy (non-hydrogen) atoms. The molecule has 7 nitrogen and oxygen atoms in total. The summed E-state index contributed by atoms with van der Waals surface area (Å²) in [5.74, 6) is 0.531. The summed E-state index contributed by atoms with van der Waals surface area (Å²) in [6.07, 6.45) is 2.21. The third-order valence-corrected chi connectivity index (χ3v) is 5.40. The van der Waals surface area contributed by atoms with E-state index < -0.39 is 4.92 Å². The van der Waals surface area contributed by atoms with Crippen LogP contribution in [0.4, 0.5) is 11.4 Å². The molecule has 0 bridgehead atoms. The van der Waals surface area contributed by atoms with Gasteiger partial charge < -0.3 is 14.8 Å².